The molecule has 4 nitrogen and oxygen atoms in total. The SMILES string of the molecule is Cc1nc(Nc2ccc(C#N)c(C#N)c2)ccc1Br. The number of aromatic nitrogens is 1. The molecule has 2 aromatic rings. The van der Waals surface area contributed by atoms with Crippen LogP contribution in [-0.4, -0.2) is 4.98 Å². The van der Waals surface area contributed by atoms with Crippen molar-refractivity contribution in [2.75, 3.05) is 5.32 Å². The lowest BCUT2D eigenvalue weighted by atomic mass is 10.1. The van der Waals surface area contributed by atoms with Crippen LogP contribution in [0, 0.1) is 29.6 Å². The monoisotopic (exact) mass is 312 g/mol. The highest BCUT2D eigenvalue weighted by molar-refractivity contribution is 9.10. The third kappa shape index (κ3) is 2.90. The van der Waals surface area contributed by atoms with Gasteiger partial charge in [-0.3, -0.25) is 0 Å². The Morgan fingerprint density at radius 2 is 1.84 bits per heavy atom. The number of benzene rings is 1. The summed E-state index contributed by atoms with van der Waals surface area (Å²) in [5.74, 6) is 0.689. The third-order valence-electron chi connectivity index (χ3n) is 2.55. The Kier molecular flexibility index (Phi) is 3.79. The van der Waals surface area contributed by atoms with Crippen LogP contribution < -0.4 is 5.32 Å². The molecule has 0 spiro atoms. The van der Waals surface area contributed by atoms with Gasteiger partial charge in [0.1, 0.15) is 18.0 Å². The zero-order valence-corrected chi connectivity index (χ0v) is 11.7. The maximum absolute atomic E-state index is 8.97. The fraction of sp³-hybridized carbons (Fsp3) is 0.0714. The van der Waals surface area contributed by atoms with Crippen LogP contribution in [0.3, 0.4) is 0 Å². The zero-order chi connectivity index (χ0) is 13.8. The maximum atomic E-state index is 8.97. The summed E-state index contributed by atoms with van der Waals surface area (Å²) in [7, 11) is 0. The van der Waals surface area contributed by atoms with E-state index in [1.165, 1.54) is 0 Å². The quantitative estimate of drug-likeness (QED) is 0.918. The summed E-state index contributed by atoms with van der Waals surface area (Å²) in [4.78, 5) is 4.36. The summed E-state index contributed by atoms with van der Waals surface area (Å²) in [6.07, 6.45) is 0. The van der Waals surface area contributed by atoms with Crippen LogP contribution in [0.1, 0.15) is 16.8 Å². The number of aryl methyl sites for hydroxylation is 1. The molecule has 0 bridgehead atoms. The van der Waals surface area contributed by atoms with E-state index >= 15 is 0 Å². The molecule has 0 unspecified atom stereocenters. The van der Waals surface area contributed by atoms with E-state index in [1.807, 2.05) is 31.2 Å². The fourth-order valence-corrected chi connectivity index (χ4v) is 1.79. The first-order valence-electron chi connectivity index (χ1n) is 5.48. The van der Waals surface area contributed by atoms with Gasteiger partial charge in [-0.15, -0.1) is 0 Å². The van der Waals surface area contributed by atoms with E-state index in [4.69, 9.17) is 10.5 Å². The molecule has 5 heteroatoms. The topological polar surface area (TPSA) is 72.5 Å². The largest absolute Gasteiger partial charge is 0.340 e. The minimum absolute atomic E-state index is 0.348. The molecule has 0 aliphatic heterocycles. The van der Waals surface area contributed by atoms with E-state index in [1.54, 1.807) is 18.2 Å². The van der Waals surface area contributed by atoms with Gasteiger partial charge in [-0.05, 0) is 53.2 Å². The lowest BCUT2D eigenvalue weighted by Gasteiger charge is -2.07. The molecule has 92 valence electrons. The second-order valence-electron chi connectivity index (χ2n) is 3.87. The minimum atomic E-state index is 0.348. The lowest BCUT2D eigenvalue weighted by molar-refractivity contribution is 1.18. The molecular weight excluding hydrogens is 304 g/mol. The van der Waals surface area contributed by atoms with Crippen molar-refractivity contribution < 1.29 is 0 Å². The van der Waals surface area contributed by atoms with E-state index < -0.39 is 0 Å². The van der Waals surface area contributed by atoms with Crippen LogP contribution in [0.15, 0.2) is 34.8 Å². The molecule has 1 aromatic heterocycles. The second kappa shape index (κ2) is 5.51. The van der Waals surface area contributed by atoms with Gasteiger partial charge in [0.25, 0.3) is 0 Å². The smallest absolute Gasteiger partial charge is 0.130 e. The highest BCUT2D eigenvalue weighted by atomic mass is 79.9. The highest BCUT2D eigenvalue weighted by Gasteiger charge is 2.04. The summed E-state index contributed by atoms with van der Waals surface area (Å²) >= 11 is 3.39. The summed E-state index contributed by atoms with van der Waals surface area (Å²) in [6, 6.07) is 12.7. The molecule has 0 amide bonds. The van der Waals surface area contributed by atoms with E-state index in [9.17, 15) is 0 Å². The van der Waals surface area contributed by atoms with Crippen LogP contribution in [0.5, 0.6) is 0 Å². The predicted octanol–water partition coefficient (Wildman–Crippen LogP) is 3.64. The molecule has 1 aromatic carbocycles. The molecule has 0 saturated carbocycles. The Hall–Kier alpha value is -2.37. The maximum Gasteiger partial charge on any atom is 0.130 e. The van der Waals surface area contributed by atoms with Crippen LogP contribution >= 0.6 is 15.9 Å². The van der Waals surface area contributed by atoms with Gasteiger partial charge in [0, 0.05) is 10.2 Å². The molecule has 0 aliphatic carbocycles. The first-order valence-corrected chi connectivity index (χ1v) is 6.28. The first kappa shape index (κ1) is 13.1. The van der Waals surface area contributed by atoms with Crippen molar-refractivity contribution in [2.45, 2.75) is 6.92 Å². The van der Waals surface area contributed by atoms with Gasteiger partial charge >= 0.3 is 0 Å². The van der Waals surface area contributed by atoms with Gasteiger partial charge < -0.3 is 5.32 Å². The van der Waals surface area contributed by atoms with E-state index in [0.717, 1.165) is 15.9 Å². The standard InChI is InChI=1S/C14H9BrN4/c1-9-13(15)4-5-14(18-9)19-12-3-2-10(7-16)11(6-12)8-17/h2-6H,1H3,(H,18,19). The van der Waals surface area contributed by atoms with Crippen molar-refractivity contribution in [1.82, 2.24) is 4.98 Å². The molecule has 1 N–H and O–H groups in total. The number of anilines is 2. The number of nitrogens with zero attached hydrogens (tertiary/aromatic N) is 3. The predicted molar refractivity (Wildman–Crippen MR) is 75.8 cm³/mol. The summed E-state index contributed by atoms with van der Waals surface area (Å²) in [5.41, 5.74) is 2.32. The molecule has 0 radical (unpaired) electrons. The number of nitriles is 2. The molecule has 0 saturated heterocycles. The Morgan fingerprint density at radius 3 is 2.47 bits per heavy atom. The highest BCUT2D eigenvalue weighted by Crippen LogP contribution is 2.21. The summed E-state index contributed by atoms with van der Waals surface area (Å²) in [5, 5.41) is 20.9. The lowest BCUT2D eigenvalue weighted by Crippen LogP contribution is -1.96. The number of rotatable bonds is 2. The van der Waals surface area contributed by atoms with Crippen molar-refractivity contribution >= 4 is 27.4 Å². The number of halogens is 1. The van der Waals surface area contributed by atoms with Crippen molar-refractivity contribution in [1.29, 1.82) is 10.5 Å². The van der Waals surface area contributed by atoms with Crippen LogP contribution in [-0.2, 0) is 0 Å². The molecule has 1 heterocycles. The zero-order valence-electron chi connectivity index (χ0n) is 10.1. The van der Waals surface area contributed by atoms with Gasteiger partial charge in [0.05, 0.1) is 16.8 Å². The number of pyridine rings is 1. The Balaban J connectivity index is 2.32. The molecular formula is C14H9BrN4. The molecule has 19 heavy (non-hydrogen) atoms. The normalized spacial score (nSPS) is 9.47. The summed E-state index contributed by atoms with van der Waals surface area (Å²) in [6.45, 7) is 1.90. The van der Waals surface area contributed by atoms with E-state index in [0.29, 0.717) is 16.9 Å². The third-order valence-corrected chi connectivity index (χ3v) is 3.39. The average molecular weight is 313 g/mol. The Morgan fingerprint density at radius 1 is 1.11 bits per heavy atom. The minimum Gasteiger partial charge on any atom is -0.340 e. The summed E-state index contributed by atoms with van der Waals surface area (Å²) < 4.78 is 0.940. The van der Waals surface area contributed by atoms with E-state index in [-0.39, 0.29) is 0 Å². The second-order valence-corrected chi connectivity index (χ2v) is 4.73. The van der Waals surface area contributed by atoms with Crippen molar-refractivity contribution in [2.24, 2.45) is 0 Å². The van der Waals surface area contributed by atoms with Crippen LogP contribution in [0.25, 0.3) is 0 Å². The van der Waals surface area contributed by atoms with Gasteiger partial charge in [0.15, 0.2) is 0 Å². The molecule has 0 atom stereocenters. The van der Waals surface area contributed by atoms with Gasteiger partial charge in [-0.1, -0.05) is 0 Å². The van der Waals surface area contributed by atoms with Gasteiger partial charge in [0.2, 0.25) is 0 Å². The number of hydrogen-bond acceptors (Lipinski definition) is 4. The molecule has 2 rings (SSSR count). The van der Waals surface area contributed by atoms with E-state index in [2.05, 4.69) is 26.2 Å². The first-order chi connectivity index (χ1) is 9.13. The van der Waals surface area contributed by atoms with Crippen LogP contribution in [0.4, 0.5) is 11.5 Å². The number of hydrogen-bond donors (Lipinski definition) is 1. The van der Waals surface area contributed by atoms with Crippen molar-refractivity contribution in [3.63, 3.8) is 0 Å². The van der Waals surface area contributed by atoms with Crippen molar-refractivity contribution in [3.05, 3.63) is 51.6 Å². The van der Waals surface area contributed by atoms with Crippen LogP contribution in [0.2, 0.25) is 0 Å². The Bertz CT molecular complexity index is 710. The molecule has 0 aliphatic rings. The average Bonchev–Trinajstić information content (AvgIpc) is 2.43. The molecule has 0 fully saturated rings. The Labute approximate surface area is 119 Å². The van der Waals surface area contributed by atoms with Gasteiger partial charge in [-0.25, -0.2) is 4.98 Å². The van der Waals surface area contributed by atoms with Gasteiger partial charge in [-0.2, -0.15) is 10.5 Å². The number of nitrogens with one attached hydrogen (secondary N) is 1. The fourth-order valence-electron chi connectivity index (χ4n) is 1.57. The van der Waals surface area contributed by atoms with Crippen molar-refractivity contribution in [3.8, 4) is 12.1 Å².